The Labute approximate surface area is 164 Å². The summed E-state index contributed by atoms with van der Waals surface area (Å²) in [5.41, 5.74) is 0.987. The number of amides is 1. The third-order valence-corrected chi connectivity index (χ3v) is 5.44. The van der Waals surface area contributed by atoms with Crippen molar-refractivity contribution < 1.29 is 4.79 Å². The van der Waals surface area contributed by atoms with Crippen LogP contribution >= 0.6 is 23.8 Å². The van der Waals surface area contributed by atoms with E-state index in [0.717, 1.165) is 56.7 Å². The molecule has 0 saturated carbocycles. The van der Waals surface area contributed by atoms with Crippen molar-refractivity contribution in [1.29, 1.82) is 0 Å². The number of unbranched alkanes of at least 4 members (excludes halogenated alkanes) is 1. The van der Waals surface area contributed by atoms with Crippen molar-refractivity contribution in [2.45, 2.75) is 52.1 Å². The van der Waals surface area contributed by atoms with E-state index in [0.29, 0.717) is 22.8 Å². The molecular weight excluding hydrogens is 368 g/mol. The molecule has 0 atom stereocenters. The topological polar surface area (TPSA) is 43.1 Å². The first-order chi connectivity index (χ1) is 12.6. The van der Waals surface area contributed by atoms with E-state index in [-0.39, 0.29) is 5.91 Å². The molecule has 140 valence electrons. The number of aromatic nitrogens is 3. The molecule has 0 radical (unpaired) electrons. The quantitative estimate of drug-likeness (QED) is 0.649. The highest BCUT2D eigenvalue weighted by Crippen LogP contribution is 2.22. The fourth-order valence-electron chi connectivity index (χ4n) is 3.24. The molecule has 1 aromatic heterocycles. The van der Waals surface area contributed by atoms with Crippen molar-refractivity contribution in [3.63, 3.8) is 0 Å². The van der Waals surface area contributed by atoms with Crippen molar-refractivity contribution >= 4 is 29.7 Å². The van der Waals surface area contributed by atoms with Crippen molar-refractivity contribution in [1.82, 2.24) is 19.2 Å². The van der Waals surface area contributed by atoms with Crippen LogP contribution in [0.25, 0.3) is 11.4 Å². The molecular formula is C19H25ClN4OS. The lowest BCUT2D eigenvalue weighted by Gasteiger charge is -2.14. The van der Waals surface area contributed by atoms with Crippen LogP contribution in [0, 0.1) is 4.77 Å². The zero-order valence-corrected chi connectivity index (χ0v) is 16.7. The number of rotatable bonds is 7. The van der Waals surface area contributed by atoms with Gasteiger partial charge in [0.1, 0.15) is 0 Å². The predicted molar refractivity (Wildman–Crippen MR) is 107 cm³/mol. The van der Waals surface area contributed by atoms with Crippen molar-refractivity contribution in [3.05, 3.63) is 34.1 Å². The molecule has 5 nitrogen and oxygen atoms in total. The van der Waals surface area contributed by atoms with E-state index >= 15 is 0 Å². The summed E-state index contributed by atoms with van der Waals surface area (Å²) in [6.07, 6.45) is 4.78. The van der Waals surface area contributed by atoms with Crippen LogP contribution in [0.2, 0.25) is 5.02 Å². The Bertz CT molecular complexity index is 806. The second-order valence-corrected chi connectivity index (χ2v) is 7.48. The molecule has 2 aromatic rings. The molecule has 1 aromatic carbocycles. The van der Waals surface area contributed by atoms with Gasteiger partial charge in [0.25, 0.3) is 0 Å². The molecule has 0 N–H and O–H groups in total. The SMILES string of the molecule is CCCCn1c(-c2ccc(Cl)cc2)nn(CCC(=O)N2CCCC2)c1=S. The minimum atomic E-state index is 0.195. The summed E-state index contributed by atoms with van der Waals surface area (Å²) in [6, 6.07) is 7.64. The monoisotopic (exact) mass is 392 g/mol. The zero-order valence-electron chi connectivity index (χ0n) is 15.2. The molecule has 1 aliphatic heterocycles. The summed E-state index contributed by atoms with van der Waals surface area (Å²) in [7, 11) is 0. The molecule has 1 fully saturated rings. The number of aryl methyl sites for hydroxylation is 1. The normalized spacial score (nSPS) is 14.2. The number of carbonyl (C=O) groups excluding carboxylic acids is 1. The standard InChI is InChI=1S/C19H25ClN4OS/c1-2-3-13-23-18(15-6-8-16(20)9-7-15)21-24(19(23)26)14-10-17(25)22-11-4-5-12-22/h6-9H,2-5,10-14H2,1H3. The lowest BCUT2D eigenvalue weighted by atomic mass is 10.2. The number of benzene rings is 1. The summed E-state index contributed by atoms with van der Waals surface area (Å²) in [5.74, 6) is 1.04. The van der Waals surface area contributed by atoms with Gasteiger partial charge in [-0.25, -0.2) is 4.68 Å². The molecule has 2 heterocycles. The highest BCUT2D eigenvalue weighted by Gasteiger charge is 2.19. The lowest BCUT2D eigenvalue weighted by Crippen LogP contribution is -2.28. The molecule has 0 aliphatic carbocycles. The van der Waals surface area contributed by atoms with Gasteiger partial charge >= 0.3 is 0 Å². The van der Waals surface area contributed by atoms with E-state index in [4.69, 9.17) is 28.9 Å². The van der Waals surface area contributed by atoms with Crippen LogP contribution in [-0.4, -0.2) is 38.2 Å². The first-order valence-corrected chi connectivity index (χ1v) is 10.1. The van der Waals surface area contributed by atoms with Crippen molar-refractivity contribution in [3.8, 4) is 11.4 Å². The molecule has 0 spiro atoms. The van der Waals surface area contributed by atoms with Crippen molar-refractivity contribution in [2.75, 3.05) is 13.1 Å². The van der Waals surface area contributed by atoms with E-state index in [1.807, 2.05) is 29.2 Å². The van der Waals surface area contributed by atoms with E-state index in [9.17, 15) is 4.79 Å². The number of likely N-dealkylation sites (tertiary alicyclic amines) is 1. The van der Waals surface area contributed by atoms with Gasteiger partial charge < -0.3 is 4.90 Å². The number of hydrogen-bond donors (Lipinski definition) is 0. The Morgan fingerprint density at radius 3 is 2.54 bits per heavy atom. The Hall–Kier alpha value is -1.66. The maximum atomic E-state index is 12.3. The molecule has 3 rings (SSSR count). The molecule has 0 bridgehead atoms. The Kier molecular flexibility index (Phi) is 6.48. The molecule has 1 aliphatic rings. The Balaban J connectivity index is 1.82. The Morgan fingerprint density at radius 2 is 1.88 bits per heavy atom. The van der Waals surface area contributed by atoms with Crippen LogP contribution in [0.3, 0.4) is 0 Å². The third kappa shape index (κ3) is 4.35. The van der Waals surface area contributed by atoms with E-state index in [1.165, 1.54) is 0 Å². The second-order valence-electron chi connectivity index (χ2n) is 6.68. The van der Waals surface area contributed by atoms with Crippen LogP contribution in [0.15, 0.2) is 24.3 Å². The fourth-order valence-corrected chi connectivity index (χ4v) is 3.68. The van der Waals surface area contributed by atoms with Gasteiger partial charge in [-0.2, -0.15) is 5.10 Å². The van der Waals surface area contributed by atoms with E-state index < -0.39 is 0 Å². The van der Waals surface area contributed by atoms with Crippen LogP contribution < -0.4 is 0 Å². The molecule has 1 amide bonds. The summed E-state index contributed by atoms with van der Waals surface area (Å²) >= 11 is 11.7. The second kappa shape index (κ2) is 8.82. The minimum Gasteiger partial charge on any atom is -0.343 e. The average Bonchev–Trinajstić information content (AvgIpc) is 3.28. The largest absolute Gasteiger partial charge is 0.343 e. The fraction of sp³-hybridized carbons (Fsp3) is 0.526. The minimum absolute atomic E-state index is 0.195. The summed E-state index contributed by atoms with van der Waals surface area (Å²) in [5, 5.41) is 5.42. The first-order valence-electron chi connectivity index (χ1n) is 9.31. The van der Waals surface area contributed by atoms with Gasteiger partial charge in [-0.05, 0) is 55.7 Å². The van der Waals surface area contributed by atoms with Crippen molar-refractivity contribution in [2.24, 2.45) is 0 Å². The lowest BCUT2D eigenvalue weighted by molar-refractivity contribution is -0.130. The summed E-state index contributed by atoms with van der Waals surface area (Å²) in [6.45, 7) is 5.27. The van der Waals surface area contributed by atoms with Gasteiger partial charge in [0, 0.05) is 36.6 Å². The van der Waals surface area contributed by atoms with Gasteiger partial charge in [-0.1, -0.05) is 24.9 Å². The number of halogens is 1. The maximum absolute atomic E-state index is 12.3. The third-order valence-electron chi connectivity index (χ3n) is 4.76. The van der Waals surface area contributed by atoms with Crippen LogP contribution in [0.4, 0.5) is 0 Å². The van der Waals surface area contributed by atoms with Crippen LogP contribution in [0.5, 0.6) is 0 Å². The highest BCUT2D eigenvalue weighted by atomic mass is 35.5. The average molecular weight is 393 g/mol. The van der Waals surface area contributed by atoms with Gasteiger partial charge in [-0.3, -0.25) is 9.36 Å². The number of nitrogens with zero attached hydrogens (tertiary/aromatic N) is 4. The molecule has 26 heavy (non-hydrogen) atoms. The first kappa shape index (κ1) is 19.1. The van der Waals surface area contributed by atoms with Gasteiger partial charge in [0.15, 0.2) is 10.6 Å². The number of carbonyl (C=O) groups is 1. The zero-order chi connectivity index (χ0) is 18.5. The van der Waals surface area contributed by atoms with E-state index in [2.05, 4.69) is 11.5 Å². The number of hydrogen-bond acceptors (Lipinski definition) is 3. The molecule has 0 unspecified atom stereocenters. The van der Waals surface area contributed by atoms with Crippen LogP contribution in [0.1, 0.15) is 39.0 Å². The van der Waals surface area contributed by atoms with Gasteiger partial charge in [-0.15, -0.1) is 0 Å². The van der Waals surface area contributed by atoms with Gasteiger partial charge in [0.05, 0.1) is 6.54 Å². The van der Waals surface area contributed by atoms with E-state index in [1.54, 1.807) is 4.68 Å². The molecule has 1 saturated heterocycles. The summed E-state index contributed by atoms with van der Waals surface area (Å²) in [4.78, 5) is 14.3. The maximum Gasteiger partial charge on any atom is 0.224 e. The molecule has 7 heteroatoms. The predicted octanol–water partition coefficient (Wildman–Crippen LogP) is 4.55. The van der Waals surface area contributed by atoms with Gasteiger partial charge in [0.2, 0.25) is 5.91 Å². The Morgan fingerprint density at radius 1 is 1.19 bits per heavy atom. The highest BCUT2D eigenvalue weighted by molar-refractivity contribution is 7.71. The smallest absolute Gasteiger partial charge is 0.224 e. The van der Waals surface area contributed by atoms with Crippen LogP contribution in [-0.2, 0) is 17.9 Å². The summed E-state index contributed by atoms with van der Waals surface area (Å²) < 4.78 is 4.54.